The number of hydrogen-bond donors (Lipinski definition) is 1. The minimum absolute atomic E-state index is 0.0478. The van der Waals surface area contributed by atoms with Gasteiger partial charge in [0.1, 0.15) is 42.7 Å². The van der Waals surface area contributed by atoms with Crippen molar-refractivity contribution in [3.8, 4) is 0 Å². The fraction of sp³-hybridized carbons (Fsp3) is 0.490. The van der Waals surface area contributed by atoms with Gasteiger partial charge in [-0.3, -0.25) is 0 Å². The van der Waals surface area contributed by atoms with E-state index in [9.17, 15) is 15.1 Å². The molecule has 4 aliphatic rings. The molecule has 4 aliphatic heterocycles. The molecule has 0 radical (unpaired) electrons. The van der Waals surface area contributed by atoms with Gasteiger partial charge in [0, 0.05) is 4.91 Å². The van der Waals surface area contributed by atoms with Crippen LogP contribution < -0.4 is 5.32 Å². The molecule has 4 fully saturated rings. The second kappa shape index (κ2) is 23.7. The maximum absolute atomic E-state index is 14.2. The fourth-order valence-corrected chi connectivity index (χ4v) is 9.27. The number of methoxy groups -OCH3 is 1. The van der Waals surface area contributed by atoms with Crippen molar-refractivity contribution in [3.63, 3.8) is 0 Å². The van der Waals surface area contributed by atoms with Crippen LogP contribution in [0.2, 0.25) is 0 Å². The molecular weight excluding hydrogens is 877 g/mol. The van der Waals surface area contributed by atoms with Crippen LogP contribution in [-0.2, 0) is 83.3 Å². The Morgan fingerprint density at radius 1 is 0.618 bits per heavy atom. The van der Waals surface area contributed by atoms with Crippen LogP contribution in [-0.4, -0.2) is 111 Å². The number of azide groups is 1. The summed E-state index contributed by atoms with van der Waals surface area (Å²) >= 11 is 0. The van der Waals surface area contributed by atoms with E-state index >= 15 is 0 Å². The largest absolute Gasteiger partial charge is 0.467 e. The number of esters is 1. The molecule has 7 unspecified atom stereocenters. The predicted molar refractivity (Wildman–Crippen MR) is 244 cm³/mol. The first-order chi connectivity index (χ1) is 33.3. The van der Waals surface area contributed by atoms with Crippen molar-refractivity contribution in [1.29, 1.82) is 0 Å². The molecule has 17 nitrogen and oxygen atoms in total. The smallest absolute Gasteiger partial charge is 0.408 e. The second-order valence-electron chi connectivity index (χ2n) is 17.2. The molecule has 0 bridgehead atoms. The number of nitrogens with one attached hydrogen (secondary N) is 1. The van der Waals surface area contributed by atoms with Gasteiger partial charge in [0.15, 0.2) is 24.8 Å². The summed E-state index contributed by atoms with van der Waals surface area (Å²) in [6, 6.07) is 36.7. The number of nitrogens with zero attached hydrogens (tertiary/aromatic N) is 3. The third-order valence-corrected chi connectivity index (χ3v) is 12.7. The van der Waals surface area contributed by atoms with Crippen molar-refractivity contribution in [2.24, 2.45) is 5.11 Å². The molecule has 0 aromatic heterocycles. The first kappa shape index (κ1) is 49.0. The third kappa shape index (κ3) is 11.7. The zero-order valence-electron chi connectivity index (χ0n) is 38.6. The molecule has 1 amide bonds. The summed E-state index contributed by atoms with van der Waals surface area (Å²) in [6.45, 7) is 6.26. The highest BCUT2D eigenvalue weighted by molar-refractivity contribution is 5.75. The minimum atomic E-state index is -1.53. The van der Waals surface area contributed by atoms with Gasteiger partial charge in [0.2, 0.25) is 0 Å². The van der Waals surface area contributed by atoms with Gasteiger partial charge in [0.25, 0.3) is 0 Å². The number of carbonyl (C=O) groups is 2. The van der Waals surface area contributed by atoms with E-state index in [-0.39, 0.29) is 32.5 Å². The Kier molecular flexibility index (Phi) is 17.1. The van der Waals surface area contributed by atoms with Crippen molar-refractivity contribution in [2.45, 2.75) is 152 Å². The van der Waals surface area contributed by atoms with Gasteiger partial charge >= 0.3 is 12.1 Å². The summed E-state index contributed by atoms with van der Waals surface area (Å²) in [5.74, 6) is -0.810. The van der Waals surface area contributed by atoms with Crippen molar-refractivity contribution >= 4 is 12.1 Å². The fourth-order valence-electron chi connectivity index (χ4n) is 9.27. The van der Waals surface area contributed by atoms with Gasteiger partial charge in [-0.05, 0) is 47.6 Å². The molecule has 8 rings (SSSR count). The summed E-state index contributed by atoms with van der Waals surface area (Å²) in [6.07, 6.45) is -12.3. The SMILES string of the molecule is CCC1OC(C)[C@H]2NC(=O)OC2[C@@H]1O[C@@H]1OC(C(=O)OC)[C@@H](O[C@H]2OC(CC)[C@@H](OCc3ccccc3)[C@H](OCc3ccccc3)C2N=[N+]=[N-])[C@@H](OCc2ccccc2)C1OCc1ccccc1. The normalized spacial score (nSPS) is 32.2. The van der Waals surface area contributed by atoms with Gasteiger partial charge in [0.05, 0.1) is 57.9 Å². The zero-order chi connectivity index (χ0) is 47.4. The van der Waals surface area contributed by atoms with E-state index in [1.54, 1.807) is 0 Å². The average molecular weight is 937 g/mol. The second-order valence-corrected chi connectivity index (χ2v) is 17.2. The lowest BCUT2D eigenvalue weighted by Gasteiger charge is -2.50. The standard InChI is InChI=1S/C51H60N4O13/c1-5-36-40(59-27-32-19-11-7-12-20-32)42(60-28-33-21-13-8-14-22-33)39(54-55-52)49(64-36)66-45-44(61-29-34-23-15-9-16-24-34)47(62-30-35-25-17-10-18-26-35)50(67-46(45)48(56)58-4)65-41-37(6-2)63-31(3)38-43(41)68-51(57)53-38/h7-26,31,36-47,49-50H,5-6,27-30H2,1-4H3,(H,53,57)/t31?,36?,37?,38-,39?,40-,41-,42-,43?,44-,45+,46?,47?,49-,50-/m1/s1. The van der Waals surface area contributed by atoms with Gasteiger partial charge < -0.3 is 57.4 Å². The van der Waals surface area contributed by atoms with Crippen LogP contribution in [0.3, 0.4) is 0 Å². The molecule has 0 aliphatic carbocycles. The monoisotopic (exact) mass is 936 g/mol. The van der Waals surface area contributed by atoms with Gasteiger partial charge in [-0.15, -0.1) is 0 Å². The van der Waals surface area contributed by atoms with Gasteiger partial charge in [-0.1, -0.05) is 140 Å². The molecule has 362 valence electrons. The number of rotatable bonds is 20. The highest BCUT2D eigenvalue weighted by Crippen LogP contribution is 2.39. The van der Waals surface area contributed by atoms with E-state index in [4.69, 9.17) is 52.1 Å². The molecule has 4 aromatic carbocycles. The Morgan fingerprint density at radius 2 is 1.09 bits per heavy atom. The number of alkyl carbamates (subject to hydrolysis) is 1. The molecule has 4 saturated heterocycles. The van der Waals surface area contributed by atoms with Crippen molar-refractivity contribution in [3.05, 3.63) is 154 Å². The van der Waals surface area contributed by atoms with Crippen molar-refractivity contribution in [1.82, 2.24) is 5.32 Å². The highest BCUT2D eigenvalue weighted by Gasteiger charge is 2.58. The lowest BCUT2D eigenvalue weighted by molar-refractivity contribution is -0.365. The summed E-state index contributed by atoms with van der Waals surface area (Å²) in [5.41, 5.74) is 13.7. The van der Waals surface area contributed by atoms with E-state index < -0.39 is 97.8 Å². The molecule has 1 N–H and O–H groups in total. The Morgan fingerprint density at radius 3 is 1.59 bits per heavy atom. The van der Waals surface area contributed by atoms with Crippen molar-refractivity contribution in [2.75, 3.05) is 7.11 Å². The van der Waals surface area contributed by atoms with Crippen LogP contribution in [0.15, 0.2) is 126 Å². The summed E-state index contributed by atoms with van der Waals surface area (Å²) in [7, 11) is 1.24. The molecular formula is C51H60N4O13. The summed E-state index contributed by atoms with van der Waals surface area (Å²) in [4.78, 5) is 30.2. The van der Waals surface area contributed by atoms with E-state index in [1.807, 2.05) is 142 Å². The predicted octanol–water partition coefficient (Wildman–Crippen LogP) is 7.48. The average Bonchev–Trinajstić information content (AvgIpc) is 3.78. The lowest BCUT2D eigenvalue weighted by Crippen LogP contribution is -2.67. The number of amides is 1. The molecule has 4 aromatic rings. The van der Waals surface area contributed by atoms with E-state index in [0.717, 1.165) is 22.3 Å². The molecule has 15 atom stereocenters. The van der Waals surface area contributed by atoms with Gasteiger partial charge in [-0.25, -0.2) is 9.59 Å². The quantitative estimate of drug-likeness (QED) is 0.0397. The highest BCUT2D eigenvalue weighted by atomic mass is 16.8. The summed E-state index contributed by atoms with van der Waals surface area (Å²) < 4.78 is 72.0. The van der Waals surface area contributed by atoms with E-state index in [2.05, 4.69) is 15.3 Å². The number of benzene rings is 4. The molecule has 0 saturated carbocycles. The van der Waals surface area contributed by atoms with Crippen LogP contribution in [0, 0.1) is 0 Å². The Bertz CT molecular complexity index is 2240. The number of hydrogen-bond acceptors (Lipinski definition) is 14. The number of carbonyl (C=O) groups excluding carboxylic acids is 2. The Hall–Kier alpha value is -5.43. The Labute approximate surface area is 396 Å². The van der Waals surface area contributed by atoms with Crippen LogP contribution in [0.4, 0.5) is 4.79 Å². The van der Waals surface area contributed by atoms with E-state index in [0.29, 0.717) is 12.8 Å². The lowest BCUT2D eigenvalue weighted by atomic mass is 9.92. The third-order valence-electron chi connectivity index (χ3n) is 12.7. The van der Waals surface area contributed by atoms with Crippen molar-refractivity contribution < 1.29 is 61.7 Å². The maximum Gasteiger partial charge on any atom is 0.408 e. The summed E-state index contributed by atoms with van der Waals surface area (Å²) in [5, 5.41) is 7.12. The molecule has 4 heterocycles. The van der Waals surface area contributed by atoms with Crippen LogP contribution >= 0.6 is 0 Å². The van der Waals surface area contributed by atoms with Crippen LogP contribution in [0.25, 0.3) is 10.4 Å². The van der Waals surface area contributed by atoms with Gasteiger partial charge in [-0.2, -0.15) is 0 Å². The minimum Gasteiger partial charge on any atom is -0.467 e. The van der Waals surface area contributed by atoms with Crippen LogP contribution in [0.1, 0.15) is 55.9 Å². The first-order valence-electron chi connectivity index (χ1n) is 23.3. The zero-order valence-corrected chi connectivity index (χ0v) is 38.6. The van der Waals surface area contributed by atoms with E-state index in [1.165, 1.54) is 7.11 Å². The topological polar surface area (TPSA) is 196 Å². The molecule has 0 spiro atoms. The van der Waals surface area contributed by atoms with Crippen LogP contribution in [0.5, 0.6) is 0 Å². The molecule has 17 heteroatoms. The number of fused-ring (bicyclic) bond motifs is 1. The first-order valence-corrected chi connectivity index (χ1v) is 23.3. The number of ether oxygens (including phenoxy) is 11. The Balaban J connectivity index is 1.18. The maximum atomic E-state index is 14.2. The molecule has 68 heavy (non-hydrogen) atoms.